The Balaban J connectivity index is 2.51. The van der Waals surface area contributed by atoms with Crippen LogP contribution in [0.15, 0.2) is 4.47 Å². The Morgan fingerprint density at radius 1 is 1.33 bits per heavy atom. The number of nitrogens with zero attached hydrogens (tertiary/aromatic N) is 2. The molecule has 1 aliphatic carbocycles. The minimum atomic E-state index is 0.179. The molecule has 2 rings (SSSR count). The lowest BCUT2D eigenvalue weighted by molar-refractivity contribution is 0.682. The fourth-order valence-electron chi connectivity index (χ4n) is 1.55. The van der Waals surface area contributed by atoms with Crippen molar-refractivity contribution in [3.05, 3.63) is 16.0 Å². The zero-order valence-corrected chi connectivity index (χ0v) is 10.9. The van der Waals surface area contributed by atoms with Crippen molar-refractivity contribution in [2.45, 2.75) is 44.9 Å². The lowest BCUT2D eigenvalue weighted by Gasteiger charge is -2.14. The summed E-state index contributed by atoms with van der Waals surface area (Å²) in [4.78, 5) is 9.00. The molecule has 1 saturated carbocycles. The van der Waals surface area contributed by atoms with Crippen molar-refractivity contribution in [3.8, 4) is 0 Å². The van der Waals surface area contributed by atoms with Crippen molar-refractivity contribution >= 4 is 21.7 Å². The number of hydrogen-bond donors (Lipinski definition) is 1. The standard InChI is InChI=1S/C11H16BrN3/c1-6(2)8-7(12)9(13)15-10(14-8)11(3)4-5-11/h6H,4-5H2,1-3H3,(H2,13,14,15). The number of nitrogen functional groups attached to an aromatic ring is 1. The second-order valence-corrected chi connectivity index (χ2v) is 5.64. The van der Waals surface area contributed by atoms with Crippen molar-refractivity contribution in [1.29, 1.82) is 0 Å². The van der Waals surface area contributed by atoms with Crippen LogP contribution < -0.4 is 5.73 Å². The summed E-state index contributed by atoms with van der Waals surface area (Å²) in [6.45, 7) is 6.43. The van der Waals surface area contributed by atoms with Crippen LogP contribution in [0.25, 0.3) is 0 Å². The minimum absolute atomic E-state index is 0.179. The molecule has 0 atom stereocenters. The molecule has 15 heavy (non-hydrogen) atoms. The maximum absolute atomic E-state index is 5.89. The van der Waals surface area contributed by atoms with Gasteiger partial charge in [0.2, 0.25) is 0 Å². The number of nitrogens with two attached hydrogens (primary N) is 1. The number of rotatable bonds is 2. The van der Waals surface area contributed by atoms with Crippen LogP contribution in [0.4, 0.5) is 5.82 Å². The average Bonchev–Trinajstić information content (AvgIpc) is 2.89. The molecule has 1 aromatic heterocycles. The van der Waals surface area contributed by atoms with Gasteiger partial charge in [0.1, 0.15) is 11.6 Å². The van der Waals surface area contributed by atoms with E-state index in [1.165, 1.54) is 12.8 Å². The average molecular weight is 270 g/mol. The van der Waals surface area contributed by atoms with Gasteiger partial charge in [-0.3, -0.25) is 0 Å². The first-order valence-electron chi connectivity index (χ1n) is 5.27. The number of hydrogen-bond acceptors (Lipinski definition) is 3. The first-order valence-corrected chi connectivity index (χ1v) is 6.07. The Kier molecular flexibility index (Phi) is 2.49. The fourth-order valence-corrected chi connectivity index (χ4v) is 2.18. The largest absolute Gasteiger partial charge is 0.383 e. The Labute approximate surface area is 98.6 Å². The van der Waals surface area contributed by atoms with E-state index < -0.39 is 0 Å². The number of halogens is 1. The van der Waals surface area contributed by atoms with E-state index in [1.54, 1.807) is 0 Å². The molecule has 0 aromatic carbocycles. The molecular weight excluding hydrogens is 254 g/mol. The second kappa shape index (κ2) is 3.44. The zero-order chi connectivity index (χ0) is 11.2. The van der Waals surface area contributed by atoms with Gasteiger partial charge in [-0.15, -0.1) is 0 Å². The number of aromatic nitrogens is 2. The van der Waals surface area contributed by atoms with Crippen LogP contribution in [0.1, 0.15) is 51.0 Å². The number of anilines is 1. The van der Waals surface area contributed by atoms with Crippen molar-refractivity contribution < 1.29 is 0 Å². The molecule has 2 N–H and O–H groups in total. The second-order valence-electron chi connectivity index (χ2n) is 4.85. The van der Waals surface area contributed by atoms with Gasteiger partial charge in [0.25, 0.3) is 0 Å². The van der Waals surface area contributed by atoms with E-state index in [0.717, 1.165) is 16.0 Å². The quantitative estimate of drug-likeness (QED) is 0.898. The molecule has 0 radical (unpaired) electrons. The third-order valence-corrected chi connectivity index (χ3v) is 3.80. The van der Waals surface area contributed by atoms with Crippen LogP contribution in [-0.4, -0.2) is 9.97 Å². The summed E-state index contributed by atoms with van der Waals surface area (Å²) < 4.78 is 0.852. The maximum Gasteiger partial charge on any atom is 0.141 e. The summed E-state index contributed by atoms with van der Waals surface area (Å²) in [7, 11) is 0. The van der Waals surface area contributed by atoms with Crippen LogP contribution >= 0.6 is 15.9 Å². The summed E-state index contributed by atoms with van der Waals surface area (Å²) in [6, 6.07) is 0. The van der Waals surface area contributed by atoms with Crippen molar-refractivity contribution in [3.63, 3.8) is 0 Å². The van der Waals surface area contributed by atoms with Gasteiger partial charge >= 0.3 is 0 Å². The van der Waals surface area contributed by atoms with Crippen LogP contribution in [0, 0.1) is 0 Å². The molecule has 1 aromatic rings. The van der Waals surface area contributed by atoms with Gasteiger partial charge in [0.05, 0.1) is 10.2 Å². The third-order valence-electron chi connectivity index (χ3n) is 2.99. The fraction of sp³-hybridized carbons (Fsp3) is 0.636. The van der Waals surface area contributed by atoms with Crippen LogP contribution in [0.2, 0.25) is 0 Å². The molecule has 0 bridgehead atoms. The molecule has 4 heteroatoms. The van der Waals surface area contributed by atoms with Gasteiger partial charge in [-0.05, 0) is 34.7 Å². The van der Waals surface area contributed by atoms with Gasteiger partial charge in [0.15, 0.2) is 0 Å². The molecule has 1 fully saturated rings. The highest BCUT2D eigenvalue weighted by molar-refractivity contribution is 9.10. The molecule has 0 amide bonds. The topological polar surface area (TPSA) is 51.8 Å². The minimum Gasteiger partial charge on any atom is -0.383 e. The van der Waals surface area contributed by atoms with Crippen molar-refractivity contribution in [2.75, 3.05) is 5.73 Å². The lowest BCUT2D eigenvalue weighted by Crippen LogP contribution is -2.12. The first-order chi connectivity index (χ1) is 6.94. The van der Waals surface area contributed by atoms with E-state index in [-0.39, 0.29) is 5.41 Å². The molecule has 1 heterocycles. The first kappa shape index (κ1) is 10.9. The summed E-state index contributed by atoms with van der Waals surface area (Å²) in [5, 5.41) is 0. The smallest absolute Gasteiger partial charge is 0.141 e. The highest BCUT2D eigenvalue weighted by Gasteiger charge is 2.42. The summed E-state index contributed by atoms with van der Waals surface area (Å²) in [5.74, 6) is 1.84. The van der Waals surface area contributed by atoms with E-state index in [1.807, 2.05) is 0 Å². The summed E-state index contributed by atoms with van der Waals surface area (Å²) in [5.41, 5.74) is 7.08. The van der Waals surface area contributed by atoms with Gasteiger partial charge in [-0.2, -0.15) is 0 Å². The van der Waals surface area contributed by atoms with Gasteiger partial charge in [-0.25, -0.2) is 9.97 Å². The van der Waals surface area contributed by atoms with Gasteiger partial charge in [0, 0.05) is 5.41 Å². The normalized spacial score (nSPS) is 18.2. The predicted molar refractivity (Wildman–Crippen MR) is 64.8 cm³/mol. The van der Waals surface area contributed by atoms with E-state index in [9.17, 15) is 0 Å². The van der Waals surface area contributed by atoms with Crippen LogP contribution in [0.3, 0.4) is 0 Å². The predicted octanol–water partition coefficient (Wildman–Crippen LogP) is 3.00. The van der Waals surface area contributed by atoms with E-state index in [2.05, 4.69) is 46.7 Å². The monoisotopic (exact) mass is 269 g/mol. The zero-order valence-electron chi connectivity index (χ0n) is 9.34. The molecule has 0 unspecified atom stereocenters. The molecule has 82 valence electrons. The van der Waals surface area contributed by atoms with Crippen molar-refractivity contribution in [2.24, 2.45) is 0 Å². The molecule has 0 aliphatic heterocycles. The summed E-state index contributed by atoms with van der Waals surface area (Å²) in [6.07, 6.45) is 2.34. The molecular formula is C11H16BrN3. The van der Waals surface area contributed by atoms with Gasteiger partial charge in [-0.1, -0.05) is 20.8 Å². The highest BCUT2D eigenvalue weighted by atomic mass is 79.9. The Bertz CT molecular complexity index is 397. The highest BCUT2D eigenvalue weighted by Crippen LogP contribution is 2.46. The Morgan fingerprint density at radius 3 is 2.40 bits per heavy atom. The van der Waals surface area contributed by atoms with Crippen LogP contribution in [0.5, 0.6) is 0 Å². The Morgan fingerprint density at radius 2 is 1.93 bits per heavy atom. The van der Waals surface area contributed by atoms with E-state index in [0.29, 0.717) is 11.7 Å². The Hall–Kier alpha value is -0.640. The molecule has 1 aliphatic rings. The van der Waals surface area contributed by atoms with Crippen LogP contribution in [-0.2, 0) is 5.41 Å². The lowest BCUT2D eigenvalue weighted by atomic mass is 10.1. The summed E-state index contributed by atoms with van der Waals surface area (Å²) >= 11 is 3.45. The maximum atomic E-state index is 5.89. The molecule has 3 nitrogen and oxygen atoms in total. The molecule has 0 saturated heterocycles. The van der Waals surface area contributed by atoms with E-state index >= 15 is 0 Å². The van der Waals surface area contributed by atoms with Crippen molar-refractivity contribution in [1.82, 2.24) is 9.97 Å². The molecule has 0 spiro atoms. The third kappa shape index (κ3) is 1.87. The SMILES string of the molecule is CC(C)c1nc(C2(C)CC2)nc(N)c1Br. The van der Waals surface area contributed by atoms with Gasteiger partial charge < -0.3 is 5.73 Å². The van der Waals surface area contributed by atoms with E-state index in [4.69, 9.17) is 5.73 Å².